The van der Waals surface area contributed by atoms with E-state index in [1.807, 2.05) is 11.9 Å². The van der Waals surface area contributed by atoms with E-state index in [1.165, 1.54) is 24.9 Å². The molecule has 1 aromatic carbocycles. The molecule has 0 aliphatic carbocycles. The molecule has 1 fully saturated rings. The lowest BCUT2D eigenvalue weighted by atomic mass is 10.1. The molecule has 1 atom stereocenters. The predicted molar refractivity (Wildman–Crippen MR) is 58.6 cm³/mol. The third-order valence-electron chi connectivity index (χ3n) is 2.62. The summed E-state index contributed by atoms with van der Waals surface area (Å²) in [6, 6.07) is 11.5. The highest BCUT2D eigenvalue weighted by Gasteiger charge is 2.24. The summed E-state index contributed by atoms with van der Waals surface area (Å²) in [5.41, 5.74) is 1.47. The molecule has 1 heterocycles. The van der Waals surface area contributed by atoms with Crippen LogP contribution < -0.4 is 0 Å². The van der Waals surface area contributed by atoms with E-state index in [0.29, 0.717) is 6.04 Å². The van der Waals surface area contributed by atoms with Crippen molar-refractivity contribution in [3.05, 3.63) is 35.9 Å². The highest BCUT2D eigenvalue weighted by Crippen LogP contribution is 2.35. The second-order valence-corrected chi connectivity index (χ2v) is 4.23. The van der Waals surface area contributed by atoms with Gasteiger partial charge in [-0.2, -0.15) is 0 Å². The van der Waals surface area contributed by atoms with Crippen LogP contribution in [0, 0.1) is 0 Å². The maximum absolute atomic E-state index is 2.48. The van der Waals surface area contributed by atoms with Gasteiger partial charge in [-0.1, -0.05) is 42.3 Å². The van der Waals surface area contributed by atoms with Gasteiger partial charge in [-0.25, -0.2) is 4.31 Å². The summed E-state index contributed by atoms with van der Waals surface area (Å²) in [7, 11) is 0. The molecule has 1 aliphatic rings. The average molecular weight is 193 g/mol. The van der Waals surface area contributed by atoms with Crippen molar-refractivity contribution in [3.63, 3.8) is 0 Å². The minimum atomic E-state index is 0.649. The Bertz CT molecular complexity index is 260. The first-order valence-corrected chi connectivity index (χ1v) is 5.95. The molecule has 2 heteroatoms. The van der Waals surface area contributed by atoms with E-state index in [4.69, 9.17) is 0 Å². The molecule has 0 saturated carbocycles. The fourth-order valence-corrected chi connectivity index (χ4v) is 2.76. The number of hydrogen-bond acceptors (Lipinski definition) is 2. The maximum atomic E-state index is 2.48. The number of hydrogen-bond donors (Lipinski definition) is 0. The Labute approximate surface area is 84.3 Å². The monoisotopic (exact) mass is 193 g/mol. The summed E-state index contributed by atoms with van der Waals surface area (Å²) in [5, 5.41) is 0. The molecular formula is C11H15NS. The van der Waals surface area contributed by atoms with Crippen molar-refractivity contribution in [1.82, 2.24) is 4.31 Å². The van der Waals surface area contributed by atoms with Gasteiger partial charge in [0.15, 0.2) is 0 Å². The molecule has 0 radical (unpaired) electrons. The highest BCUT2D eigenvalue weighted by atomic mass is 32.2. The van der Waals surface area contributed by atoms with Crippen molar-refractivity contribution in [1.29, 1.82) is 0 Å². The minimum Gasteiger partial charge on any atom is -0.243 e. The fourth-order valence-electron chi connectivity index (χ4n) is 1.97. The van der Waals surface area contributed by atoms with Crippen LogP contribution in [-0.2, 0) is 0 Å². The second-order valence-electron chi connectivity index (χ2n) is 3.39. The van der Waals surface area contributed by atoms with E-state index in [-0.39, 0.29) is 0 Å². The van der Waals surface area contributed by atoms with Crippen molar-refractivity contribution >= 4 is 11.9 Å². The van der Waals surface area contributed by atoms with E-state index < -0.39 is 0 Å². The third-order valence-corrected chi connectivity index (χ3v) is 3.53. The van der Waals surface area contributed by atoms with E-state index >= 15 is 0 Å². The van der Waals surface area contributed by atoms with Gasteiger partial charge in [0.25, 0.3) is 0 Å². The highest BCUT2D eigenvalue weighted by molar-refractivity contribution is 7.96. The summed E-state index contributed by atoms with van der Waals surface area (Å²) in [5.74, 6) is 0. The van der Waals surface area contributed by atoms with Gasteiger partial charge in [0.1, 0.15) is 0 Å². The first kappa shape index (κ1) is 9.10. The zero-order chi connectivity index (χ0) is 9.10. The molecule has 1 unspecified atom stereocenters. The second kappa shape index (κ2) is 4.16. The van der Waals surface area contributed by atoms with Crippen LogP contribution in [0.2, 0.25) is 0 Å². The van der Waals surface area contributed by atoms with Crippen LogP contribution in [0.3, 0.4) is 0 Å². The summed E-state index contributed by atoms with van der Waals surface area (Å²) in [6.07, 6.45) is 4.81. The van der Waals surface area contributed by atoms with Gasteiger partial charge in [0.05, 0.1) is 0 Å². The van der Waals surface area contributed by atoms with Crippen LogP contribution in [0.15, 0.2) is 30.3 Å². The summed E-state index contributed by atoms with van der Waals surface area (Å²) in [6.45, 7) is 1.24. The molecule has 1 aliphatic heterocycles. The molecule has 0 aromatic heterocycles. The standard InChI is InChI=1S/C11H15NS/c1-13-12-9-5-8-11(12)10-6-3-2-4-7-10/h2-4,6-7,11H,5,8-9H2,1H3. The van der Waals surface area contributed by atoms with Gasteiger partial charge in [-0.15, -0.1) is 0 Å². The van der Waals surface area contributed by atoms with E-state index in [1.54, 1.807) is 0 Å². The summed E-state index contributed by atoms with van der Waals surface area (Å²) >= 11 is 1.87. The lowest BCUT2D eigenvalue weighted by Crippen LogP contribution is -2.14. The maximum Gasteiger partial charge on any atom is 0.0452 e. The summed E-state index contributed by atoms with van der Waals surface area (Å²) < 4.78 is 2.48. The number of nitrogens with zero attached hydrogens (tertiary/aromatic N) is 1. The van der Waals surface area contributed by atoms with Gasteiger partial charge >= 0.3 is 0 Å². The van der Waals surface area contributed by atoms with E-state index in [9.17, 15) is 0 Å². The number of rotatable bonds is 2. The lowest BCUT2D eigenvalue weighted by molar-refractivity contribution is 0.454. The molecule has 1 aromatic rings. The molecule has 0 amide bonds. The lowest BCUT2D eigenvalue weighted by Gasteiger charge is -2.21. The van der Waals surface area contributed by atoms with Crippen molar-refractivity contribution in [2.45, 2.75) is 18.9 Å². The zero-order valence-corrected chi connectivity index (χ0v) is 8.76. The van der Waals surface area contributed by atoms with Gasteiger partial charge in [0.2, 0.25) is 0 Å². The first-order valence-electron chi connectivity index (χ1n) is 4.77. The molecule has 1 nitrogen and oxygen atoms in total. The Hall–Kier alpha value is -0.470. The topological polar surface area (TPSA) is 3.24 Å². The van der Waals surface area contributed by atoms with E-state index in [0.717, 1.165) is 0 Å². The largest absolute Gasteiger partial charge is 0.243 e. The Morgan fingerprint density at radius 1 is 1.31 bits per heavy atom. The van der Waals surface area contributed by atoms with Crippen molar-refractivity contribution < 1.29 is 0 Å². The van der Waals surface area contributed by atoms with Crippen LogP contribution in [-0.4, -0.2) is 17.1 Å². The van der Waals surface area contributed by atoms with Crippen LogP contribution >= 0.6 is 11.9 Å². The minimum absolute atomic E-state index is 0.649. The smallest absolute Gasteiger partial charge is 0.0452 e. The molecule has 0 N–H and O–H groups in total. The molecule has 0 spiro atoms. The molecule has 1 saturated heterocycles. The zero-order valence-electron chi connectivity index (χ0n) is 7.94. The van der Waals surface area contributed by atoms with Gasteiger partial charge in [0, 0.05) is 12.6 Å². The van der Waals surface area contributed by atoms with Crippen molar-refractivity contribution in [2.24, 2.45) is 0 Å². The average Bonchev–Trinajstić information content (AvgIpc) is 2.67. The fraction of sp³-hybridized carbons (Fsp3) is 0.455. The van der Waals surface area contributed by atoms with Crippen LogP contribution in [0.4, 0.5) is 0 Å². The van der Waals surface area contributed by atoms with Gasteiger partial charge in [-0.05, 0) is 24.7 Å². The predicted octanol–water partition coefficient (Wildman–Crippen LogP) is 3.10. The molecule has 13 heavy (non-hydrogen) atoms. The molecule has 2 rings (SSSR count). The van der Waals surface area contributed by atoms with Gasteiger partial charge < -0.3 is 0 Å². The van der Waals surface area contributed by atoms with E-state index in [2.05, 4.69) is 40.9 Å². The normalized spacial score (nSPS) is 23.6. The Balaban J connectivity index is 2.16. The van der Waals surface area contributed by atoms with Gasteiger partial charge in [-0.3, -0.25) is 0 Å². The van der Waals surface area contributed by atoms with Crippen molar-refractivity contribution in [2.75, 3.05) is 12.8 Å². The Morgan fingerprint density at radius 3 is 2.77 bits per heavy atom. The van der Waals surface area contributed by atoms with Crippen LogP contribution in [0.5, 0.6) is 0 Å². The van der Waals surface area contributed by atoms with Crippen LogP contribution in [0.1, 0.15) is 24.4 Å². The van der Waals surface area contributed by atoms with Crippen LogP contribution in [0.25, 0.3) is 0 Å². The van der Waals surface area contributed by atoms with Crippen molar-refractivity contribution in [3.8, 4) is 0 Å². The SMILES string of the molecule is CSN1CCCC1c1ccccc1. The third kappa shape index (κ3) is 1.89. The Kier molecular flexibility index (Phi) is 2.91. The molecule has 70 valence electrons. The Morgan fingerprint density at radius 2 is 2.08 bits per heavy atom. The summed E-state index contributed by atoms with van der Waals surface area (Å²) in [4.78, 5) is 0. The number of benzene rings is 1. The molecular weight excluding hydrogens is 178 g/mol. The molecule has 0 bridgehead atoms. The first-order chi connectivity index (χ1) is 6.42. The quantitative estimate of drug-likeness (QED) is 0.664.